The third-order valence-corrected chi connectivity index (χ3v) is 6.40. The Morgan fingerprint density at radius 3 is 2.48 bits per heavy atom. The highest BCUT2D eigenvalue weighted by Gasteiger charge is 2.31. The van der Waals surface area contributed by atoms with E-state index in [1.54, 1.807) is 0 Å². The number of piperidine rings is 2. The topological polar surface area (TPSA) is 38.7 Å². The number of nitrogens with one attached hydrogen (secondary N) is 1. The number of benzene rings is 1. The standard InChI is InChI=1S/C21H33N3O/c25-21-8-11-23(12-9-21)16-18-5-3-17(4-6-18)15-22-19-7-13-24-10-1-2-20(24)14-19/h3-6,19-22,25H,1-2,7-16H2/t19-,20-/m0/s1. The van der Waals surface area contributed by atoms with Crippen molar-refractivity contribution in [2.75, 3.05) is 26.2 Å². The molecule has 1 aromatic rings. The van der Waals surface area contributed by atoms with Crippen molar-refractivity contribution < 1.29 is 5.11 Å². The van der Waals surface area contributed by atoms with Gasteiger partial charge in [-0.1, -0.05) is 24.3 Å². The summed E-state index contributed by atoms with van der Waals surface area (Å²) < 4.78 is 0. The van der Waals surface area contributed by atoms with E-state index >= 15 is 0 Å². The highest BCUT2D eigenvalue weighted by molar-refractivity contribution is 5.22. The molecule has 4 heteroatoms. The largest absolute Gasteiger partial charge is 0.393 e. The predicted molar refractivity (Wildman–Crippen MR) is 101 cm³/mol. The van der Waals surface area contributed by atoms with Gasteiger partial charge in [-0.2, -0.15) is 0 Å². The number of hydrogen-bond donors (Lipinski definition) is 2. The molecular formula is C21H33N3O. The summed E-state index contributed by atoms with van der Waals surface area (Å²) >= 11 is 0. The van der Waals surface area contributed by atoms with Gasteiger partial charge in [-0.3, -0.25) is 4.90 Å². The van der Waals surface area contributed by atoms with Gasteiger partial charge in [0.15, 0.2) is 0 Å². The Hall–Kier alpha value is -0.940. The van der Waals surface area contributed by atoms with Crippen LogP contribution in [0.1, 0.15) is 49.7 Å². The first kappa shape index (κ1) is 17.5. The fourth-order valence-corrected chi connectivity index (χ4v) is 4.77. The molecule has 0 radical (unpaired) electrons. The lowest BCUT2D eigenvalue weighted by atomic mass is 9.97. The molecule has 3 aliphatic heterocycles. The highest BCUT2D eigenvalue weighted by atomic mass is 16.3. The monoisotopic (exact) mass is 343 g/mol. The van der Waals surface area contributed by atoms with Crippen LogP contribution in [0.4, 0.5) is 0 Å². The molecule has 3 heterocycles. The zero-order valence-electron chi connectivity index (χ0n) is 15.4. The fraction of sp³-hybridized carbons (Fsp3) is 0.714. The molecule has 0 aliphatic carbocycles. The van der Waals surface area contributed by atoms with Crippen LogP contribution in [-0.4, -0.2) is 59.3 Å². The average molecular weight is 344 g/mol. The number of nitrogens with zero attached hydrogens (tertiary/aromatic N) is 2. The smallest absolute Gasteiger partial charge is 0.0564 e. The Kier molecular flexibility index (Phi) is 5.71. The van der Waals surface area contributed by atoms with Crippen molar-refractivity contribution in [1.29, 1.82) is 0 Å². The van der Waals surface area contributed by atoms with Crippen LogP contribution in [0.15, 0.2) is 24.3 Å². The Morgan fingerprint density at radius 1 is 0.920 bits per heavy atom. The van der Waals surface area contributed by atoms with Crippen molar-refractivity contribution in [3.05, 3.63) is 35.4 Å². The normalized spacial score (nSPS) is 29.0. The summed E-state index contributed by atoms with van der Waals surface area (Å²) in [6, 6.07) is 10.7. The van der Waals surface area contributed by atoms with E-state index in [2.05, 4.69) is 39.4 Å². The first-order valence-corrected chi connectivity index (χ1v) is 10.2. The molecule has 3 aliphatic rings. The number of likely N-dealkylation sites (tertiary alicyclic amines) is 1. The Labute approximate surface area is 152 Å². The summed E-state index contributed by atoms with van der Waals surface area (Å²) in [5.74, 6) is 0. The molecule has 0 bridgehead atoms. The molecule has 25 heavy (non-hydrogen) atoms. The molecule has 4 nitrogen and oxygen atoms in total. The van der Waals surface area contributed by atoms with Crippen molar-refractivity contribution >= 4 is 0 Å². The maximum Gasteiger partial charge on any atom is 0.0564 e. The van der Waals surface area contributed by atoms with Gasteiger partial charge in [-0.05, 0) is 62.7 Å². The zero-order valence-corrected chi connectivity index (χ0v) is 15.4. The average Bonchev–Trinajstić information content (AvgIpc) is 3.11. The van der Waals surface area contributed by atoms with Gasteiger partial charge in [0.1, 0.15) is 0 Å². The Balaban J connectivity index is 1.22. The molecule has 3 saturated heterocycles. The van der Waals surface area contributed by atoms with E-state index in [0.717, 1.165) is 45.1 Å². The van der Waals surface area contributed by atoms with E-state index in [1.807, 2.05) is 0 Å². The second kappa shape index (κ2) is 8.17. The minimum Gasteiger partial charge on any atom is -0.393 e. The van der Waals surface area contributed by atoms with Crippen LogP contribution in [0.3, 0.4) is 0 Å². The summed E-state index contributed by atoms with van der Waals surface area (Å²) in [4.78, 5) is 5.14. The van der Waals surface area contributed by atoms with Gasteiger partial charge in [0.2, 0.25) is 0 Å². The van der Waals surface area contributed by atoms with Gasteiger partial charge in [-0.25, -0.2) is 0 Å². The van der Waals surface area contributed by atoms with Gasteiger partial charge < -0.3 is 15.3 Å². The van der Waals surface area contributed by atoms with Crippen LogP contribution in [0.25, 0.3) is 0 Å². The van der Waals surface area contributed by atoms with E-state index in [9.17, 15) is 5.11 Å². The van der Waals surface area contributed by atoms with E-state index < -0.39 is 0 Å². The van der Waals surface area contributed by atoms with Crippen molar-refractivity contribution in [3.8, 4) is 0 Å². The summed E-state index contributed by atoms with van der Waals surface area (Å²) in [5.41, 5.74) is 2.78. The summed E-state index contributed by atoms with van der Waals surface area (Å²) in [6.07, 6.45) is 7.19. The van der Waals surface area contributed by atoms with E-state index in [-0.39, 0.29) is 6.10 Å². The van der Waals surface area contributed by atoms with Gasteiger partial charge in [0.25, 0.3) is 0 Å². The molecule has 2 N–H and O–H groups in total. The molecule has 1 aromatic carbocycles. The molecule has 2 atom stereocenters. The Bertz CT molecular complexity index is 539. The molecule has 0 unspecified atom stereocenters. The SMILES string of the molecule is OC1CCN(Cc2ccc(CN[C@H]3CCN4CCC[C@H]4C3)cc2)CC1. The van der Waals surface area contributed by atoms with Crippen molar-refractivity contribution in [2.24, 2.45) is 0 Å². The van der Waals surface area contributed by atoms with Gasteiger partial charge in [0, 0.05) is 38.3 Å². The Morgan fingerprint density at radius 2 is 1.68 bits per heavy atom. The molecule has 0 saturated carbocycles. The van der Waals surface area contributed by atoms with Crippen LogP contribution in [0.5, 0.6) is 0 Å². The van der Waals surface area contributed by atoms with Gasteiger partial charge in [-0.15, -0.1) is 0 Å². The van der Waals surface area contributed by atoms with E-state index in [1.165, 1.54) is 49.9 Å². The van der Waals surface area contributed by atoms with Crippen LogP contribution in [0.2, 0.25) is 0 Å². The third kappa shape index (κ3) is 4.62. The molecule has 0 spiro atoms. The molecule has 0 amide bonds. The fourth-order valence-electron chi connectivity index (χ4n) is 4.77. The van der Waals surface area contributed by atoms with Crippen LogP contribution >= 0.6 is 0 Å². The number of hydrogen-bond acceptors (Lipinski definition) is 4. The lowest BCUT2D eigenvalue weighted by Gasteiger charge is -2.35. The molecule has 138 valence electrons. The third-order valence-electron chi connectivity index (χ3n) is 6.40. The van der Waals surface area contributed by atoms with Crippen molar-refractivity contribution in [3.63, 3.8) is 0 Å². The summed E-state index contributed by atoms with van der Waals surface area (Å²) in [6.45, 7) is 6.66. The molecular weight excluding hydrogens is 310 g/mol. The van der Waals surface area contributed by atoms with Crippen LogP contribution in [0, 0.1) is 0 Å². The highest BCUT2D eigenvalue weighted by Crippen LogP contribution is 2.27. The maximum absolute atomic E-state index is 9.61. The van der Waals surface area contributed by atoms with Gasteiger partial charge in [0.05, 0.1) is 6.10 Å². The van der Waals surface area contributed by atoms with E-state index in [4.69, 9.17) is 0 Å². The second-order valence-electron chi connectivity index (χ2n) is 8.26. The summed E-state index contributed by atoms with van der Waals surface area (Å²) in [7, 11) is 0. The first-order valence-electron chi connectivity index (χ1n) is 10.2. The minimum absolute atomic E-state index is 0.0826. The zero-order chi connectivity index (χ0) is 17.1. The number of rotatable bonds is 5. The first-order chi connectivity index (χ1) is 12.3. The van der Waals surface area contributed by atoms with Gasteiger partial charge >= 0.3 is 0 Å². The number of aliphatic hydroxyl groups is 1. The lowest BCUT2D eigenvalue weighted by Crippen LogP contribution is -2.45. The quantitative estimate of drug-likeness (QED) is 0.861. The molecule has 0 aromatic heterocycles. The van der Waals surface area contributed by atoms with E-state index in [0.29, 0.717) is 6.04 Å². The van der Waals surface area contributed by atoms with Crippen molar-refractivity contribution in [1.82, 2.24) is 15.1 Å². The maximum atomic E-state index is 9.61. The van der Waals surface area contributed by atoms with Crippen LogP contribution < -0.4 is 5.32 Å². The minimum atomic E-state index is -0.0826. The molecule has 4 rings (SSSR count). The number of aliphatic hydroxyl groups excluding tert-OH is 1. The lowest BCUT2D eigenvalue weighted by molar-refractivity contribution is 0.0792. The molecule has 3 fully saturated rings. The number of fused-ring (bicyclic) bond motifs is 1. The predicted octanol–water partition coefficient (Wildman–Crippen LogP) is 2.36. The van der Waals surface area contributed by atoms with Crippen LogP contribution in [-0.2, 0) is 13.1 Å². The van der Waals surface area contributed by atoms with Crippen molar-refractivity contribution in [2.45, 2.75) is 69.8 Å². The summed E-state index contributed by atoms with van der Waals surface area (Å²) in [5, 5.41) is 13.4. The second-order valence-corrected chi connectivity index (χ2v) is 8.26.